The van der Waals surface area contributed by atoms with Gasteiger partial charge in [0.2, 0.25) is 5.91 Å². The zero-order valence-electron chi connectivity index (χ0n) is 12.8. The number of amides is 1. The van der Waals surface area contributed by atoms with E-state index in [-0.39, 0.29) is 5.91 Å². The van der Waals surface area contributed by atoms with Crippen LogP contribution < -0.4 is 5.32 Å². The fourth-order valence-electron chi connectivity index (χ4n) is 2.62. The van der Waals surface area contributed by atoms with Crippen LogP contribution in [0.15, 0.2) is 22.7 Å². The Morgan fingerprint density at radius 2 is 2.41 bits per heavy atom. The number of H-pyrrole nitrogens is 1. The van der Waals surface area contributed by atoms with Crippen LogP contribution in [0.25, 0.3) is 11.5 Å². The zero-order chi connectivity index (χ0) is 15.5. The minimum atomic E-state index is -0.417. The van der Waals surface area contributed by atoms with Crippen LogP contribution in [0.4, 0.5) is 0 Å². The molecule has 0 spiro atoms. The standard InChI is InChI=1S/C15H20N4O3/c1-10-3-4-12(22-10)14-11(7-17-18-14)8-19-5-6-21-13(9-19)15(20)16-2/h3-4,7,13H,5-6,8-9H2,1-2H3,(H,16,20)(H,17,18). The van der Waals surface area contributed by atoms with Gasteiger partial charge in [0.15, 0.2) is 5.76 Å². The Kier molecular flexibility index (Phi) is 4.26. The van der Waals surface area contributed by atoms with Gasteiger partial charge in [0.25, 0.3) is 0 Å². The van der Waals surface area contributed by atoms with Crippen LogP contribution in [0.5, 0.6) is 0 Å². The average Bonchev–Trinajstić information content (AvgIpc) is 3.15. The van der Waals surface area contributed by atoms with Crippen molar-refractivity contribution in [3.05, 3.63) is 29.7 Å². The molecule has 7 nitrogen and oxygen atoms in total. The Bertz CT molecular complexity index is 649. The third-order valence-electron chi connectivity index (χ3n) is 3.79. The maximum absolute atomic E-state index is 11.7. The van der Waals surface area contributed by atoms with E-state index < -0.39 is 6.10 Å². The molecule has 1 amide bonds. The SMILES string of the molecule is CNC(=O)C1CN(Cc2cn[nH]c2-c2ccc(C)o2)CCO1. The molecule has 1 aliphatic rings. The van der Waals surface area contributed by atoms with Crippen molar-refractivity contribution in [2.75, 3.05) is 26.7 Å². The van der Waals surface area contributed by atoms with E-state index in [9.17, 15) is 4.79 Å². The fourth-order valence-corrected chi connectivity index (χ4v) is 2.62. The molecule has 3 rings (SSSR count). The van der Waals surface area contributed by atoms with E-state index >= 15 is 0 Å². The van der Waals surface area contributed by atoms with Gasteiger partial charge < -0.3 is 14.5 Å². The maximum atomic E-state index is 11.7. The quantitative estimate of drug-likeness (QED) is 0.878. The molecule has 2 aromatic heterocycles. The summed E-state index contributed by atoms with van der Waals surface area (Å²) in [5.74, 6) is 1.56. The van der Waals surface area contributed by atoms with Crippen molar-refractivity contribution < 1.29 is 13.9 Å². The number of aromatic nitrogens is 2. The molecule has 1 atom stereocenters. The molecule has 0 aromatic carbocycles. The first-order valence-electron chi connectivity index (χ1n) is 7.32. The van der Waals surface area contributed by atoms with Crippen LogP contribution in [0.1, 0.15) is 11.3 Å². The number of hydrogen-bond donors (Lipinski definition) is 2. The number of aromatic amines is 1. The third kappa shape index (κ3) is 3.05. The highest BCUT2D eigenvalue weighted by molar-refractivity contribution is 5.80. The van der Waals surface area contributed by atoms with Gasteiger partial charge >= 0.3 is 0 Å². The highest BCUT2D eigenvalue weighted by atomic mass is 16.5. The van der Waals surface area contributed by atoms with Crippen LogP contribution in [0.3, 0.4) is 0 Å². The van der Waals surface area contributed by atoms with Gasteiger partial charge in [-0.2, -0.15) is 5.10 Å². The predicted octanol–water partition coefficient (Wildman–Crippen LogP) is 0.925. The molecule has 0 radical (unpaired) electrons. The number of morpholine rings is 1. The van der Waals surface area contributed by atoms with Crippen LogP contribution in [0, 0.1) is 6.92 Å². The number of carbonyl (C=O) groups is 1. The van der Waals surface area contributed by atoms with Gasteiger partial charge in [-0.05, 0) is 19.1 Å². The molecule has 0 aliphatic carbocycles. The summed E-state index contributed by atoms with van der Waals surface area (Å²) >= 11 is 0. The van der Waals surface area contributed by atoms with Crippen molar-refractivity contribution in [3.63, 3.8) is 0 Å². The first-order chi connectivity index (χ1) is 10.7. The van der Waals surface area contributed by atoms with Gasteiger partial charge in [0.05, 0.1) is 12.8 Å². The van der Waals surface area contributed by atoms with Gasteiger partial charge in [0.1, 0.15) is 17.6 Å². The molecule has 1 fully saturated rings. The highest BCUT2D eigenvalue weighted by Crippen LogP contribution is 2.24. The number of aryl methyl sites for hydroxylation is 1. The van der Waals surface area contributed by atoms with Gasteiger partial charge in [-0.25, -0.2) is 0 Å². The number of rotatable bonds is 4. The summed E-state index contributed by atoms with van der Waals surface area (Å²) in [7, 11) is 1.62. The predicted molar refractivity (Wildman–Crippen MR) is 80.1 cm³/mol. The van der Waals surface area contributed by atoms with Gasteiger partial charge in [-0.15, -0.1) is 0 Å². The lowest BCUT2D eigenvalue weighted by molar-refractivity contribution is -0.138. The second-order valence-corrected chi connectivity index (χ2v) is 5.39. The molecule has 2 aromatic rings. The van der Waals surface area contributed by atoms with E-state index in [0.717, 1.165) is 29.3 Å². The Balaban J connectivity index is 1.71. The fraction of sp³-hybridized carbons (Fsp3) is 0.467. The summed E-state index contributed by atoms with van der Waals surface area (Å²) in [6.07, 6.45) is 1.39. The summed E-state index contributed by atoms with van der Waals surface area (Å²) in [5.41, 5.74) is 1.93. The first-order valence-corrected chi connectivity index (χ1v) is 7.32. The van der Waals surface area contributed by atoms with Crippen LogP contribution in [-0.2, 0) is 16.1 Å². The molecular weight excluding hydrogens is 284 g/mol. The van der Waals surface area contributed by atoms with Crippen LogP contribution in [-0.4, -0.2) is 53.9 Å². The van der Waals surface area contributed by atoms with Crippen molar-refractivity contribution in [2.24, 2.45) is 0 Å². The Labute approximate surface area is 128 Å². The van der Waals surface area contributed by atoms with Gasteiger partial charge in [-0.1, -0.05) is 0 Å². The van der Waals surface area contributed by atoms with E-state index in [4.69, 9.17) is 9.15 Å². The largest absolute Gasteiger partial charge is 0.460 e. The van der Waals surface area contributed by atoms with Crippen molar-refractivity contribution in [1.29, 1.82) is 0 Å². The van der Waals surface area contributed by atoms with E-state index in [1.54, 1.807) is 13.2 Å². The molecule has 7 heteroatoms. The Hall–Kier alpha value is -2.12. The normalized spacial score (nSPS) is 19.3. The lowest BCUT2D eigenvalue weighted by Gasteiger charge is -2.31. The maximum Gasteiger partial charge on any atom is 0.250 e. The minimum absolute atomic E-state index is 0.0845. The summed E-state index contributed by atoms with van der Waals surface area (Å²) < 4.78 is 11.2. The molecule has 3 heterocycles. The smallest absolute Gasteiger partial charge is 0.250 e. The molecule has 1 saturated heterocycles. The number of hydrogen-bond acceptors (Lipinski definition) is 5. The minimum Gasteiger partial charge on any atom is -0.460 e. The molecular formula is C15H20N4O3. The number of likely N-dealkylation sites (N-methyl/N-ethyl adjacent to an activating group) is 1. The molecule has 1 aliphatic heterocycles. The summed E-state index contributed by atoms with van der Waals surface area (Å²) in [5, 5.41) is 9.74. The van der Waals surface area contributed by atoms with Crippen molar-refractivity contribution in [1.82, 2.24) is 20.4 Å². The number of carbonyl (C=O) groups excluding carboxylic acids is 1. The topological polar surface area (TPSA) is 83.4 Å². The van der Waals surface area contributed by atoms with Gasteiger partial charge in [-0.3, -0.25) is 14.8 Å². The number of nitrogens with one attached hydrogen (secondary N) is 2. The lowest BCUT2D eigenvalue weighted by atomic mass is 10.1. The van der Waals surface area contributed by atoms with Crippen molar-refractivity contribution >= 4 is 5.91 Å². The molecule has 118 valence electrons. The second-order valence-electron chi connectivity index (χ2n) is 5.39. The van der Waals surface area contributed by atoms with E-state index in [0.29, 0.717) is 19.7 Å². The first kappa shape index (κ1) is 14.8. The molecule has 0 bridgehead atoms. The number of nitrogens with zero attached hydrogens (tertiary/aromatic N) is 2. The van der Waals surface area contributed by atoms with Crippen LogP contribution in [0.2, 0.25) is 0 Å². The molecule has 22 heavy (non-hydrogen) atoms. The highest BCUT2D eigenvalue weighted by Gasteiger charge is 2.26. The third-order valence-corrected chi connectivity index (χ3v) is 3.79. The monoisotopic (exact) mass is 304 g/mol. The number of ether oxygens (including phenoxy) is 1. The molecule has 0 saturated carbocycles. The summed E-state index contributed by atoms with van der Waals surface area (Å²) in [6.45, 7) is 4.51. The Morgan fingerprint density at radius 3 is 3.14 bits per heavy atom. The van der Waals surface area contributed by atoms with Crippen LogP contribution >= 0.6 is 0 Å². The summed E-state index contributed by atoms with van der Waals surface area (Å²) in [4.78, 5) is 13.9. The zero-order valence-corrected chi connectivity index (χ0v) is 12.8. The average molecular weight is 304 g/mol. The molecule has 1 unspecified atom stereocenters. The van der Waals surface area contributed by atoms with E-state index in [1.165, 1.54) is 0 Å². The van der Waals surface area contributed by atoms with Crippen molar-refractivity contribution in [3.8, 4) is 11.5 Å². The number of furan rings is 1. The second kappa shape index (κ2) is 6.33. The lowest BCUT2D eigenvalue weighted by Crippen LogP contribution is -2.48. The summed E-state index contributed by atoms with van der Waals surface area (Å²) in [6, 6.07) is 3.86. The van der Waals surface area contributed by atoms with Gasteiger partial charge in [0, 0.05) is 32.2 Å². The van der Waals surface area contributed by atoms with Crippen molar-refractivity contribution in [2.45, 2.75) is 19.6 Å². The Morgan fingerprint density at radius 1 is 1.55 bits per heavy atom. The molecule has 2 N–H and O–H groups in total. The van der Waals surface area contributed by atoms with E-state index in [2.05, 4.69) is 20.4 Å². The van der Waals surface area contributed by atoms with E-state index in [1.807, 2.05) is 19.1 Å².